The Bertz CT molecular complexity index is 559. The highest BCUT2D eigenvalue weighted by molar-refractivity contribution is 5.80. The topological polar surface area (TPSA) is 48.9 Å². The molecule has 0 aromatic heterocycles. The molecule has 1 saturated heterocycles. The largest absolute Gasteiger partial charge is 0.385 e. The van der Waals surface area contributed by atoms with Crippen LogP contribution in [-0.4, -0.2) is 63.3 Å². The Balaban J connectivity index is 1.70. The molecular formula is C21H35FN4O. The molecule has 27 heavy (non-hydrogen) atoms. The van der Waals surface area contributed by atoms with E-state index in [1.54, 1.807) is 19.2 Å². The second-order valence-corrected chi connectivity index (χ2v) is 7.10. The van der Waals surface area contributed by atoms with Gasteiger partial charge >= 0.3 is 0 Å². The first kappa shape index (κ1) is 21.6. The van der Waals surface area contributed by atoms with E-state index in [0.29, 0.717) is 6.04 Å². The molecule has 5 nitrogen and oxygen atoms in total. The molecule has 0 atom stereocenters. The summed E-state index contributed by atoms with van der Waals surface area (Å²) in [6, 6.07) is 7.30. The van der Waals surface area contributed by atoms with Gasteiger partial charge < -0.3 is 20.3 Å². The Morgan fingerprint density at radius 3 is 2.81 bits per heavy atom. The third-order valence-corrected chi connectivity index (χ3v) is 4.88. The van der Waals surface area contributed by atoms with Gasteiger partial charge in [-0.25, -0.2) is 4.39 Å². The minimum Gasteiger partial charge on any atom is -0.385 e. The minimum absolute atomic E-state index is 0.167. The molecule has 0 spiro atoms. The maximum atomic E-state index is 13.2. The third-order valence-electron chi connectivity index (χ3n) is 4.88. The van der Waals surface area contributed by atoms with E-state index in [4.69, 9.17) is 9.73 Å². The first-order chi connectivity index (χ1) is 13.2. The van der Waals surface area contributed by atoms with Crippen LogP contribution in [0.4, 0.5) is 4.39 Å². The normalized spacial score (nSPS) is 16.5. The summed E-state index contributed by atoms with van der Waals surface area (Å²) in [6.07, 6.45) is 5.14. The van der Waals surface area contributed by atoms with Crippen molar-refractivity contribution in [1.82, 2.24) is 15.5 Å². The molecule has 1 aliphatic rings. The maximum absolute atomic E-state index is 13.2. The van der Waals surface area contributed by atoms with Crippen LogP contribution in [-0.2, 0) is 11.2 Å². The highest BCUT2D eigenvalue weighted by atomic mass is 19.1. The van der Waals surface area contributed by atoms with Crippen LogP contribution < -0.4 is 10.6 Å². The number of hydrogen-bond acceptors (Lipinski definition) is 3. The predicted molar refractivity (Wildman–Crippen MR) is 110 cm³/mol. The van der Waals surface area contributed by atoms with Crippen molar-refractivity contribution in [2.24, 2.45) is 4.99 Å². The molecule has 0 radical (unpaired) electrons. The number of nitrogens with one attached hydrogen (secondary N) is 2. The van der Waals surface area contributed by atoms with Crippen molar-refractivity contribution in [2.75, 3.05) is 46.4 Å². The predicted octanol–water partition coefficient (Wildman–Crippen LogP) is 2.81. The number of halogens is 1. The second-order valence-electron chi connectivity index (χ2n) is 7.10. The van der Waals surface area contributed by atoms with Gasteiger partial charge in [0.1, 0.15) is 5.82 Å². The summed E-state index contributed by atoms with van der Waals surface area (Å²) in [7, 11) is 1.76. The molecule has 1 aromatic rings. The van der Waals surface area contributed by atoms with E-state index in [-0.39, 0.29) is 5.82 Å². The molecule has 0 saturated carbocycles. The SMILES string of the molecule is CCNC(=NCCCc1cccc(F)c1)NC1CCN(CCCOC)CC1. The number of likely N-dealkylation sites (tertiary alicyclic amines) is 1. The van der Waals surface area contributed by atoms with Crippen molar-refractivity contribution in [2.45, 2.75) is 45.1 Å². The fourth-order valence-corrected chi connectivity index (χ4v) is 3.41. The van der Waals surface area contributed by atoms with E-state index < -0.39 is 0 Å². The van der Waals surface area contributed by atoms with Crippen molar-refractivity contribution >= 4 is 5.96 Å². The van der Waals surface area contributed by atoms with Crippen molar-refractivity contribution in [3.05, 3.63) is 35.6 Å². The number of benzene rings is 1. The van der Waals surface area contributed by atoms with Crippen LogP contribution in [0.15, 0.2) is 29.3 Å². The highest BCUT2D eigenvalue weighted by Gasteiger charge is 2.19. The Morgan fingerprint density at radius 1 is 1.30 bits per heavy atom. The van der Waals surface area contributed by atoms with Gasteiger partial charge in [-0.1, -0.05) is 12.1 Å². The molecule has 0 aliphatic carbocycles. The van der Waals surface area contributed by atoms with E-state index in [9.17, 15) is 4.39 Å². The lowest BCUT2D eigenvalue weighted by atomic mass is 10.1. The van der Waals surface area contributed by atoms with Crippen molar-refractivity contribution in [1.29, 1.82) is 0 Å². The average molecular weight is 379 g/mol. The van der Waals surface area contributed by atoms with Crippen molar-refractivity contribution < 1.29 is 9.13 Å². The third kappa shape index (κ3) is 8.71. The Hall–Kier alpha value is -1.66. The maximum Gasteiger partial charge on any atom is 0.191 e. The number of guanidine groups is 1. The molecule has 0 unspecified atom stereocenters. The minimum atomic E-state index is -0.167. The zero-order chi connectivity index (χ0) is 19.3. The van der Waals surface area contributed by atoms with Crippen LogP contribution >= 0.6 is 0 Å². The molecule has 0 amide bonds. The van der Waals surface area contributed by atoms with Crippen LogP contribution in [0.3, 0.4) is 0 Å². The Morgan fingerprint density at radius 2 is 2.11 bits per heavy atom. The van der Waals surface area contributed by atoms with Gasteiger partial charge in [0.25, 0.3) is 0 Å². The summed E-state index contributed by atoms with van der Waals surface area (Å²) in [5.74, 6) is 0.731. The quantitative estimate of drug-likeness (QED) is 0.373. The second kappa shape index (κ2) is 12.7. The number of nitrogens with zero attached hydrogens (tertiary/aromatic N) is 2. The zero-order valence-electron chi connectivity index (χ0n) is 16.8. The number of piperidine rings is 1. The lowest BCUT2D eigenvalue weighted by Crippen LogP contribution is -2.48. The summed E-state index contributed by atoms with van der Waals surface area (Å²) in [6.45, 7) is 7.89. The fraction of sp³-hybridized carbons (Fsp3) is 0.667. The van der Waals surface area contributed by atoms with Gasteiger partial charge in [0.2, 0.25) is 0 Å². The molecule has 1 fully saturated rings. The summed E-state index contributed by atoms with van der Waals surface area (Å²) in [5.41, 5.74) is 1.03. The average Bonchev–Trinajstić information content (AvgIpc) is 2.67. The molecule has 1 aromatic carbocycles. The molecular weight excluding hydrogens is 343 g/mol. The van der Waals surface area contributed by atoms with Crippen LogP contribution in [0.25, 0.3) is 0 Å². The van der Waals surface area contributed by atoms with Crippen LogP contribution in [0.5, 0.6) is 0 Å². The first-order valence-corrected chi connectivity index (χ1v) is 10.2. The lowest BCUT2D eigenvalue weighted by molar-refractivity contribution is 0.155. The number of hydrogen-bond donors (Lipinski definition) is 2. The number of methoxy groups -OCH3 is 1. The van der Waals surface area contributed by atoms with Crippen LogP contribution in [0.2, 0.25) is 0 Å². The summed E-state index contributed by atoms with van der Waals surface area (Å²) in [5, 5.41) is 6.92. The van der Waals surface area contributed by atoms with Gasteiger partial charge in [-0.3, -0.25) is 4.99 Å². The number of aliphatic imine (C=N–C) groups is 1. The van der Waals surface area contributed by atoms with E-state index >= 15 is 0 Å². The van der Waals surface area contributed by atoms with E-state index in [0.717, 1.165) is 83.0 Å². The van der Waals surface area contributed by atoms with Gasteiger partial charge in [0, 0.05) is 52.5 Å². The van der Waals surface area contributed by atoms with E-state index in [1.807, 2.05) is 6.07 Å². The fourth-order valence-electron chi connectivity index (χ4n) is 3.41. The molecule has 0 bridgehead atoms. The van der Waals surface area contributed by atoms with Crippen molar-refractivity contribution in [3.63, 3.8) is 0 Å². The number of aryl methyl sites for hydroxylation is 1. The molecule has 1 aliphatic heterocycles. The molecule has 2 N–H and O–H groups in total. The van der Waals surface area contributed by atoms with Gasteiger partial charge in [0.05, 0.1) is 0 Å². The van der Waals surface area contributed by atoms with E-state index in [2.05, 4.69) is 22.5 Å². The van der Waals surface area contributed by atoms with Gasteiger partial charge in [-0.05, 0) is 56.7 Å². The van der Waals surface area contributed by atoms with Gasteiger partial charge in [-0.2, -0.15) is 0 Å². The smallest absolute Gasteiger partial charge is 0.191 e. The molecule has 152 valence electrons. The van der Waals surface area contributed by atoms with Crippen molar-refractivity contribution in [3.8, 4) is 0 Å². The lowest BCUT2D eigenvalue weighted by Gasteiger charge is -2.33. The Labute approximate surface area is 163 Å². The van der Waals surface area contributed by atoms with Crippen LogP contribution in [0, 0.1) is 5.82 Å². The first-order valence-electron chi connectivity index (χ1n) is 10.2. The monoisotopic (exact) mass is 378 g/mol. The number of rotatable bonds is 10. The standard InChI is InChI=1S/C21H35FN4O/c1-3-23-21(24-12-5-8-18-7-4-9-19(22)17-18)25-20-10-14-26(15-11-20)13-6-16-27-2/h4,7,9,17,20H,3,5-6,8,10-16H2,1-2H3,(H2,23,24,25). The summed E-state index contributed by atoms with van der Waals surface area (Å²) >= 11 is 0. The van der Waals surface area contributed by atoms with Gasteiger partial charge in [-0.15, -0.1) is 0 Å². The highest BCUT2D eigenvalue weighted by Crippen LogP contribution is 2.11. The summed E-state index contributed by atoms with van der Waals surface area (Å²) < 4.78 is 18.4. The van der Waals surface area contributed by atoms with Gasteiger partial charge in [0.15, 0.2) is 5.96 Å². The van der Waals surface area contributed by atoms with E-state index in [1.165, 1.54) is 6.07 Å². The summed E-state index contributed by atoms with van der Waals surface area (Å²) in [4.78, 5) is 7.21. The molecule has 6 heteroatoms. The molecule has 2 rings (SSSR count). The van der Waals surface area contributed by atoms with Crippen LogP contribution in [0.1, 0.15) is 38.2 Å². The zero-order valence-corrected chi connectivity index (χ0v) is 16.8. The Kier molecular flexibility index (Phi) is 10.2. The number of ether oxygens (including phenoxy) is 1. The molecule has 1 heterocycles.